The lowest BCUT2D eigenvalue weighted by Crippen LogP contribution is -2.48. The first kappa shape index (κ1) is 17.4. The van der Waals surface area contributed by atoms with E-state index in [4.69, 9.17) is 9.47 Å². The van der Waals surface area contributed by atoms with Gasteiger partial charge in [0.05, 0.1) is 13.2 Å². The van der Waals surface area contributed by atoms with Crippen molar-refractivity contribution in [2.45, 2.75) is 64.5 Å². The molecule has 0 aliphatic heterocycles. The summed E-state index contributed by atoms with van der Waals surface area (Å²) in [5.74, 6) is -0.203. The molecule has 0 heterocycles. The predicted octanol–water partition coefficient (Wildman–Crippen LogP) is 2.51. The fourth-order valence-electron chi connectivity index (χ4n) is 1.91. The molecule has 0 amide bonds. The normalized spacial score (nSPS) is 16.1. The summed E-state index contributed by atoms with van der Waals surface area (Å²) in [4.78, 5) is 11.6. The monoisotopic (exact) mass is 259 g/mol. The van der Waals surface area contributed by atoms with E-state index in [1.54, 1.807) is 7.05 Å². The molecular weight excluding hydrogens is 230 g/mol. The van der Waals surface area contributed by atoms with Gasteiger partial charge in [-0.15, -0.1) is 0 Å². The van der Waals surface area contributed by atoms with Crippen LogP contribution >= 0.6 is 0 Å². The lowest BCUT2D eigenvalue weighted by molar-refractivity contribution is -0.148. The van der Waals surface area contributed by atoms with Crippen LogP contribution in [0.5, 0.6) is 0 Å². The molecule has 0 bridgehead atoms. The maximum atomic E-state index is 11.6. The lowest BCUT2D eigenvalue weighted by atomic mass is 9.95. The van der Waals surface area contributed by atoms with Crippen LogP contribution in [0, 0.1) is 0 Å². The molecule has 108 valence electrons. The van der Waals surface area contributed by atoms with Crippen molar-refractivity contribution < 1.29 is 14.3 Å². The van der Waals surface area contributed by atoms with E-state index in [0.29, 0.717) is 6.10 Å². The minimum Gasteiger partial charge on any atom is -0.468 e. The fraction of sp³-hybridized carbons (Fsp3) is 0.929. The fourth-order valence-corrected chi connectivity index (χ4v) is 1.91. The average Bonchev–Trinajstić information content (AvgIpc) is 2.37. The molecule has 0 fully saturated rings. The van der Waals surface area contributed by atoms with Gasteiger partial charge >= 0.3 is 5.97 Å². The summed E-state index contributed by atoms with van der Waals surface area (Å²) in [5.41, 5.74) is -0.580. The maximum Gasteiger partial charge on any atom is 0.325 e. The number of esters is 1. The number of likely N-dealkylation sites (N-methyl/N-ethyl adjacent to an activating group) is 1. The van der Waals surface area contributed by atoms with Gasteiger partial charge < -0.3 is 14.8 Å². The van der Waals surface area contributed by atoms with Gasteiger partial charge in [-0.25, -0.2) is 0 Å². The van der Waals surface area contributed by atoms with Crippen molar-refractivity contribution in [1.82, 2.24) is 5.32 Å². The summed E-state index contributed by atoms with van der Waals surface area (Å²) < 4.78 is 10.5. The zero-order valence-electron chi connectivity index (χ0n) is 12.5. The largest absolute Gasteiger partial charge is 0.468 e. The van der Waals surface area contributed by atoms with E-state index < -0.39 is 5.54 Å². The molecule has 0 spiro atoms. The Bertz CT molecular complexity index is 233. The maximum absolute atomic E-state index is 11.6. The molecule has 0 aromatic rings. The number of hydrogen-bond donors (Lipinski definition) is 1. The first-order chi connectivity index (χ1) is 8.50. The molecule has 0 saturated carbocycles. The summed E-state index contributed by atoms with van der Waals surface area (Å²) in [6.07, 6.45) is 5.29. The van der Waals surface area contributed by atoms with Gasteiger partial charge in [0, 0.05) is 6.61 Å². The number of ether oxygens (including phenoxy) is 2. The van der Waals surface area contributed by atoms with Crippen LogP contribution in [0.4, 0.5) is 0 Å². The van der Waals surface area contributed by atoms with E-state index in [9.17, 15) is 4.79 Å². The van der Waals surface area contributed by atoms with Crippen molar-refractivity contribution in [3.05, 3.63) is 0 Å². The van der Waals surface area contributed by atoms with E-state index >= 15 is 0 Å². The molecule has 4 nitrogen and oxygen atoms in total. The van der Waals surface area contributed by atoms with Gasteiger partial charge in [0.2, 0.25) is 0 Å². The van der Waals surface area contributed by atoms with Crippen LogP contribution in [0.2, 0.25) is 0 Å². The van der Waals surface area contributed by atoms with Gasteiger partial charge in [0.1, 0.15) is 5.54 Å². The zero-order valence-corrected chi connectivity index (χ0v) is 12.5. The Balaban J connectivity index is 3.78. The molecule has 0 radical (unpaired) electrons. The first-order valence-electron chi connectivity index (χ1n) is 6.89. The molecule has 2 unspecified atom stereocenters. The van der Waals surface area contributed by atoms with E-state index in [1.165, 1.54) is 7.11 Å². The molecule has 0 saturated heterocycles. The average molecular weight is 259 g/mol. The Morgan fingerprint density at radius 3 is 2.56 bits per heavy atom. The number of unbranched alkanes of at least 4 members (excludes halogenated alkanes) is 1. The van der Waals surface area contributed by atoms with Crippen molar-refractivity contribution in [1.29, 1.82) is 0 Å². The Kier molecular flexibility index (Phi) is 9.02. The summed E-state index contributed by atoms with van der Waals surface area (Å²) in [5, 5.41) is 3.03. The van der Waals surface area contributed by atoms with Gasteiger partial charge in [0.25, 0.3) is 0 Å². The number of rotatable bonds is 10. The summed E-state index contributed by atoms with van der Waals surface area (Å²) in [6, 6.07) is 0. The molecule has 18 heavy (non-hydrogen) atoms. The van der Waals surface area contributed by atoms with Crippen LogP contribution in [0.1, 0.15) is 52.9 Å². The van der Waals surface area contributed by atoms with Gasteiger partial charge in [-0.2, -0.15) is 0 Å². The smallest absolute Gasteiger partial charge is 0.325 e. The molecule has 2 atom stereocenters. The van der Waals surface area contributed by atoms with Crippen LogP contribution in [0.3, 0.4) is 0 Å². The van der Waals surface area contributed by atoms with Gasteiger partial charge in [0.15, 0.2) is 0 Å². The number of hydrogen-bond acceptors (Lipinski definition) is 4. The molecule has 0 aliphatic carbocycles. The second kappa shape index (κ2) is 9.34. The Hall–Kier alpha value is -0.610. The third-order valence-corrected chi connectivity index (χ3v) is 3.36. The van der Waals surface area contributed by atoms with Crippen LogP contribution in [0.25, 0.3) is 0 Å². The number of carbonyl (C=O) groups is 1. The highest BCUT2D eigenvalue weighted by Gasteiger charge is 2.31. The van der Waals surface area contributed by atoms with Crippen molar-refractivity contribution in [3.63, 3.8) is 0 Å². The molecule has 1 N–H and O–H groups in total. The lowest BCUT2D eigenvalue weighted by Gasteiger charge is -2.26. The topological polar surface area (TPSA) is 47.6 Å². The van der Waals surface area contributed by atoms with Gasteiger partial charge in [-0.05, 0) is 46.6 Å². The Morgan fingerprint density at radius 2 is 2.06 bits per heavy atom. The van der Waals surface area contributed by atoms with E-state index in [-0.39, 0.29) is 5.97 Å². The minimum absolute atomic E-state index is 0.203. The van der Waals surface area contributed by atoms with Crippen LogP contribution < -0.4 is 5.32 Å². The molecule has 0 rings (SSSR count). The second-order valence-corrected chi connectivity index (χ2v) is 5.00. The first-order valence-corrected chi connectivity index (χ1v) is 6.89. The van der Waals surface area contributed by atoms with E-state index in [2.05, 4.69) is 19.2 Å². The second-order valence-electron chi connectivity index (χ2n) is 5.00. The number of methoxy groups -OCH3 is 1. The Morgan fingerprint density at radius 1 is 1.39 bits per heavy atom. The standard InChI is InChI=1S/C14H29NO3/c1-6-9-12(2)18-11-8-7-10-14(3,15-4)13(16)17-5/h12,15H,6-11H2,1-5H3. The molecule has 4 heteroatoms. The van der Waals surface area contributed by atoms with Crippen LogP contribution in [-0.2, 0) is 14.3 Å². The van der Waals surface area contributed by atoms with Crippen LogP contribution in [0.15, 0.2) is 0 Å². The van der Waals surface area contributed by atoms with E-state index in [1.807, 2.05) is 6.92 Å². The number of nitrogens with one attached hydrogen (secondary N) is 1. The molecule has 0 aromatic heterocycles. The third kappa shape index (κ3) is 6.36. The molecule has 0 aromatic carbocycles. The molecule has 0 aliphatic rings. The predicted molar refractivity (Wildman–Crippen MR) is 73.7 cm³/mol. The van der Waals surface area contributed by atoms with Crippen molar-refractivity contribution >= 4 is 5.97 Å². The minimum atomic E-state index is -0.580. The van der Waals surface area contributed by atoms with Gasteiger partial charge in [-0.1, -0.05) is 13.3 Å². The zero-order chi connectivity index (χ0) is 14.0. The number of carbonyl (C=O) groups excluding carboxylic acids is 1. The highest BCUT2D eigenvalue weighted by Crippen LogP contribution is 2.15. The van der Waals surface area contributed by atoms with Crippen molar-refractivity contribution in [2.75, 3.05) is 20.8 Å². The SMILES string of the molecule is CCCC(C)OCCCCC(C)(NC)C(=O)OC. The van der Waals surface area contributed by atoms with Crippen LogP contribution in [-0.4, -0.2) is 38.4 Å². The van der Waals surface area contributed by atoms with E-state index in [0.717, 1.165) is 38.7 Å². The Labute approximate surface area is 111 Å². The summed E-state index contributed by atoms with van der Waals surface area (Å²) in [7, 11) is 3.21. The third-order valence-electron chi connectivity index (χ3n) is 3.36. The quantitative estimate of drug-likeness (QED) is 0.484. The highest BCUT2D eigenvalue weighted by atomic mass is 16.5. The summed E-state index contributed by atoms with van der Waals surface area (Å²) >= 11 is 0. The van der Waals surface area contributed by atoms with Crippen molar-refractivity contribution in [3.8, 4) is 0 Å². The summed E-state index contributed by atoms with van der Waals surface area (Å²) in [6.45, 7) is 6.91. The molecular formula is C14H29NO3. The van der Waals surface area contributed by atoms with Crippen molar-refractivity contribution in [2.24, 2.45) is 0 Å². The highest BCUT2D eigenvalue weighted by molar-refractivity contribution is 5.80. The van der Waals surface area contributed by atoms with Gasteiger partial charge in [-0.3, -0.25) is 4.79 Å².